The van der Waals surface area contributed by atoms with Crippen LogP contribution >= 0.6 is 12.4 Å². The van der Waals surface area contributed by atoms with Crippen molar-refractivity contribution in [2.24, 2.45) is 23.5 Å². The normalized spacial score (nSPS) is 34.8. The molecule has 1 aliphatic heterocycles. The third-order valence-electron chi connectivity index (χ3n) is 6.38. The molecule has 0 bridgehead atoms. The SMILES string of the molecule is CC1CCC(OC2CCN(C(=O)[C@@H]3CCC[C@@H]3CN)CC2)CC1.Cl. The lowest BCUT2D eigenvalue weighted by Crippen LogP contribution is -2.45. The van der Waals surface area contributed by atoms with E-state index in [2.05, 4.69) is 11.8 Å². The highest BCUT2D eigenvalue weighted by molar-refractivity contribution is 5.85. The summed E-state index contributed by atoms with van der Waals surface area (Å²) in [6.07, 6.45) is 11.3. The number of rotatable bonds is 4. The van der Waals surface area contributed by atoms with Gasteiger partial charge >= 0.3 is 0 Å². The van der Waals surface area contributed by atoms with Crippen molar-refractivity contribution in [3.05, 3.63) is 0 Å². The maximum atomic E-state index is 12.7. The van der Waals surface area contributed by atoms with Crippen LogP contribution in [0.3, 0.4) is 0 Å². The monoisotopic (exact) mass is 358 g/mol. The molecule has 0 unspecified atom stereocenters. The molecule has 0 aromatic heterocycles. The minimum Gasteiger partial charge on any atom is -0.375 e. The molecule has 2 N–H and O–H groups in total. The van der Waals surface area contributed by atoms with Crippen LogP contribution in [0.15, 0.2) is 0 Å². The van der Waals surface area contributed by atoms with Gasteiger partial charge in [0.2, 0.25) is 5.91 Å². The van der Waals surface area contributed by atoms with Crippen LogP contribution in [0.2, 0.25) is 0 Å². The van der Waals surface area contributed by atoms with Crippen molar-refractivity contribution in [3.8, 4) is 0 Å². The highest BCUT2D eigenvalue weighted by atomic mass is 35.5. The molecule has 2 atom stereocenters. The van der Waals surface area contributed by atoms with Crippen molar-refractivity contribution in [2.75, 3.05) is 19.6 Å². The molecule has 0 aromatic rings. The average molecular weight is 359 g/mol. The van der Waals surface area contributed by atoms with Crippen LogP contribution in [0.1, 0.15) is 64.7 Å². The van der Waals surface area contributed by atoms with Gasteiger partial charge in [0, 0.05) is 19.0 Å². The molecule has 3 fully saturated rings. The molecule has 1 amide bonds. The third kappa shape index (κ3) is 4.86. The van der Waals surface area contributed by atoms with Crippen LogP contribution in [0, 0.1) is 17.8 Å². The number of hydrogen-bond donors (Lipinski definition) is 1. The van der Waals surface area contributed by atoms with Gasteiger partial charge in [0.25, 0.3) is 0 Å². The van der Waals surface area contributed by atoms with Gasteiger partial charge in [0.1, 0.15) is 0 Å². The Kier molecular flexibility index (Phi) is 7.83. The Bertz CT molecular complexity index is 391. The molecule has 0 radical (unpaired) electrons. The summed E-state index contributed by atoms with van der Waals surface area (Å²) in [4.78, 5) is 14.8. The molecule has 140 valence electrons. The van der Waals surface area contributed by atoms with Gasteiger partial charge in [-0.2, -0.15) is 0 Å². The predicted octanol–water partition coefficient (Wildman–Crippen LogP) is 3.37. The number of likely N-dealkylation sites (tertiary alicyclic amines) is 1. The first-order valence-electron chi connectivity index (χ1n) is 9.81. The maximum absolute atomic E-state index is 12.7. The maximum Gasteiger partial charge on any atom is 0.226 e. The fraction of sp³-hybridized carbons (Fsp3) is 0.947. The number of hydrogen-bond acceptors (Lipinski definition) is 3. The Morgan fingerprint density at radius 2 is 1.62 bits per heavy atom. The van der Waals surface area contributed by atoms with E-state index < -0.39 is 0 Å². The Balaban J connectivity index is 0.00000208. The highest BCUT2D eigenvalue weighted by Gasteiger charge is 2.36. The largest absolute Gasteiger partial charge is 0.375 e. The fourth-order valence-electron chi connectivity index (χ4n) is 4.73. The number of piperidine rings is 1. The van der Waals surface area contributed by atoms with E-state index in [0.29, 0.717) is 30.6 Å². The number of nitrogens with zero attached hydrogens (tertiary/aromatic N) is 1. The molecule has 0 aromatic carbocycles. The number of halogens is 1. The van der Waals surface area contributed by atoms with Crippen molar-refractivity contribution < 1.29 is 9.53 Å². The summed E-state index contributed by atoms with van der Waals surface area (Å²) in [5, 5.41) is 0. The van der Waals surface area contributed by atoms with Gasteiger partial charge in [-0.3, -0.25) is 4.79 Å². The van der Waals surface area contributed by atoms with E-state index in [1.165, 1.54) is 25.7 Å². The van der Waals surface area contributed by atoms with Gasteiger partial charge in [-0.05, 0) is 69.7 Å². The summed E-state index contributed by atoms with van der Waals surface area (Å²) in [7, 11) is 0. The van der Waals surface area contributed by atoms with Crippen LogP contribution in [0.25, 0.3) is 0 Å². The van der Waals surface area contributed by atoms with E-state index in [9.17, 15) is 4.79 Å². The van der Waals surface area contributed by atoms with E-state index in [1.807, 2.05) is 0 Å². The van der Waals surface area contributed by atoms with E-state index in [0.717, 1.165) is 51.1 Å². The zero-order valence-electron chi connectivity index (χ0n) is 15.1. The van der Waals surface area contributed by atoms with Crippen LogP contribution in [0.4, 0.5) is 0 Å². The molecular formula is C19H35ClN2O2. The first kappa shape index (κ1) is 20.0. The topological polar surface area (TPSA) is 55.6 Å². The van der Waals surface area contributed by atoms with Gasteiger partial charge in [-0.15, -0.1) is 12.4 Å². The Labute approximate surface area is 153 Å². The summed E-state index contributed by atoms with van der Waals surface area (Å²) in [5.74, 6) is 1.84. The molecule has 1 saturated heterocycles. The first-order chi connectivity index (χ1) is 11.2. The molecule has 3 rings (SSSR count). The molecule has 4 nitrogen and oxygen atoms in total. The van der Waals surface area contributed by atoms with Crippen molar-refractivity contribution in [2.45, 2.75) is 76.9 Å². The minimum atomic E-state index is 0. The lowest BCUT2D eigenvalue weighted by atomic mass is 9.88. The summed E-state index contributed by atoms with van der Waals surface area (Å²) in [6, 6.07) is 0. The number of nitrogens with two attached hydrogens (primary N) is 1. The van der Waals surface area contributed by atoms with E-state index in [1.54, 1.807) is 0 Å². The second-order valence-electron chi connectivity index (χ2n) is 8.08. The third-order valence-corrected chi connectivity index (χ3v) is 6.38. The molecular weight excluding hydrogens is 324 g/mol. The molecule has 2 saturated carbocycles. The predicted molar refractivity (Wildman–Crippen MR) is 99.2 cm³/mol. The zero-order chi connectivity index (χ0) is 16.2. The van der Waals surface area contributed by atoms with Crippen molar-refractivity contribution >= 4 is 18.3 Å². The first-order valence-corrected chi connectivity index (χ1v) is 9.81. The van der Waals surface area contributed by atoms with Gasteiger partial charge in [0.15, 0.2) is 0 Å². The molecule has 24 heavy (non-hydrogen) atoms. The summed E-state index contributed by atoms with van der Waals surface area (Å²) < 4.78 is 6.32. The van der Waals surface area contributed by atoms with Crippen molar-refractivity contribution in [1.82, 2.24) is 4.90 Å². The molecule has 2 aliphatic carbocycles. The van der Waals surface area contributed by atoms with Crippen LogP contribution in [-0.2, 0) is 9.53 Å². The van der Waals surface area contributed by atoms with E-state index in [4.69, 9.17) is 10.5 Å². The zero-order valence-corrected chi connectivity index (χ0v) is 15.9. The molecule has 1 heterocycles. The molecule has 5 heteroatoms. The Hall–Kier alpha value is -0.320. The second kappa shape index (κ2) is 9.40. The van der Waals surface area contributed by atoms with Crippen molar-refractivity contribution in [1.29, 1.82) is 0 Å². The standard InChI is InChI=1S/C19H34N2O2.ClH/c1-14-5-7-16(8-6-14)23-17-9-11-21(12-10-17)19(22)18-4-2-3-15(18)13-20;/h14-18H,2-13,20H2,1H3;1H/t14?,15-,16?,18-;/m1./s1. The summed E-state index contributed by atoms with van der Waals surface area (Å²) in [5.41, 5.74) is 5.84. The van der Waals surface area contributed by atoms with Crippen LogP contribution < -0.4 is 5.73 Å². The number of ether oxygens (including phenoxy) is 1. The van der Waals surface area contributed by atoms with Gasteiger partial charge in [-0.25, -0.2) is 0 Å². The molecule has 0 spiro atoms. The fourth-order valence-corrected chi connectivity index (χ4v) is 4.73. The van der Waals surface area contributed by atoms with Gasteiger partial charge in [-0.1, -0.05) is 13.3 Å². The van der Waals surface area contributed by atoms with Crippen LogP contribution in [0.5, 0.6) is 0 Å². The number of amides is 1. The number of carbonyl (C=O) groups excluding carboxylic acids is 1. The van der Waals surface area contributed by atoms with Gasteiger partial charge < -0.3 is 15.4 Å². The van der Waals surface area contributed by atoms with E-state index >= 15 is 0 Å². The summed E-state index contributed by atoms with van der Waals surface area (Å²) in [6.45, 7) is 4.76. The van der Waals surface area contributed by atoms with Crippen LogP contribution in [-0.4, -0.2) is 42.6 Å². The minimum absolute atomic E-state index is 0. The summed E-state index contributed by atoms with van der Waals surface area (Å²) >= 11 is 0. The second-order valence-corrected chi connectivity index (χ2v) is 8.08. The Morgan fingerprint density at radius 1 is 1.00 bits per heavy atom. The lowest BCUT2D eigenvalue weighted by molar-refractivity contribution is -0.140. The Morgan fingerprint density at radius 3 is 2.25 bits per heavy atom. The van der Waals surface area contributed by atoms with Gasteiger partial charge in [0.05, 0.1) is 12.2 Å². The average Bonchev–Trinajstić information content (AvgIpc) is 3.06. The lowest BCUT2D eigenvalue weighted by Gasteiger charge is -2.37. The molecule has 3 aliphatic rings. The van der Waals surface area contributed by atoms with Crippen molar-refractivity contribution in [3.63, 3.8) is 0 Å². The quantitative estimate of drug-likeness (QED) is 0.838. The number of carbonyl (C=O) groups is 1. The highest BCUT2D eigenvalue weighted by Crippen LogP contribution is 2.33. The van der Waals surface area contributed by atoms with E-state index in [-0.39, 0.29) is 18.3 Å². The smallest absolute Gasteiger partial charge is 0.226 e.